The zero-order chi connectivity index (χ0) is 16.9. The molecule has 0 amide bonds. The van der Waals surface area contributed by atoms with Crippen molar-refractivity contribution >= 4 is 0 Å². The molecule has 24 heavy (non-hydrogen) atoms. The second kappa shape index (κ2) is 7.79. The van der Waals surface area contributed by atoms with Gasteiger partial charge in [0.25, 0.3) is 0 Å². The normalized spacial score (nSPS) is 20.8. The molecule has 0 heterocycles. The Morgan fingerprint density at radius 3 is 2.38 bits per heavy atom. The zero-order valence-electron chi connectivity index (χ0n) is 14.6. The molecular formula is C23H27F. The van der Waals surface area contributed by atoms with Crippen LogP contribution in [0.25, 0.3) is 11.1 Å². The first-order chi connectivity index (χ1) is 11.7. The summed E-state index contributed by atoms with van der Waals surface area (Å²) < 4.78 is 14.4. The summed E-state index contributed by atoms with van der Waals surface area (Å²) in [5.41, 5.74) is 4.11. The summed E-state index contributed by atoms with van der Waals surface area (Å²) in [5, 5.41) is 0. The minimum atomic E-state index is -0.129. The minimum Gasteiger partial charge on any atom is -0.206 e. The second-order valence-corrected chi connectivity index (χ2v) is 7.22. The number of allylic oxidation sites excluding steroid dienone is 1. The highest BCUT2D eigenvalue weighted by atomic mass is 19.1. The summed E-state index contributed by atoms with van der Waals surface area (Å²) in [5.74, 6) is 1.42. The van der Waals surface area contributed by atoms with E-state index < -0.39 is 0 Å². The summed E-state index contributed by atoms with van der Waals surface area (Å²) in [7, 11) is 0. The molecule has 1 heteroatoms. The summed E-state index contributed by atoms with van der Waals surface area (Å²) in [6.45, 7) is 6.07. The van der Waals surface area contributed by atoms with Gasteiger partial charge in [-0.3, -0.25) is 0 Å². The van der Waals surface area contributed by atoms with Gasteiger partial charge >= 0.3 is 0 Å². The number of benzene rings is 2. The number of hydrogen-bond acceptors (Lipinski definition) is 0. The highest BCUT2D eigenvalue weighted by molar-refractivity contribution is 5.65. The first-order valence-electron chi connectivity index (χ1n) is 9.17. The van der Waals surface area contributed by atoms with Gasteiger partial charge in [-0.2, -0.15) is 0 Å². The van der Waals surface area contributed by atoms with Crippen LogP contribution < -0.4 is 0 Å². The zero-order valence-corrected chi connectivity index (χ0v) is 14.6. The van der Waals surface area contributed by atoms with Crippen molar-refractivity contribution in [2.45, 2.75) is 51.4 Å². The van der Waals surface area contributed by atoms with Gasteiger partial charge in [-0.25, -0.2) is 4.39 Å². The van der Waals surface area contributed by atoms with Crippen LogP contribution in [-0.4, -0.2) is 0 Å². The summed E-state index contributed by atoms with van der Waals surface area (Å²) in [4.78, 5) is 0. The quantitative estimate of drug-likeness (QED) is 0.525. The molecule has 0 spiro atoms. The Morgan fingerprint density at radius 1 is 1.04 bits per heavy atom. The Bertz CT molecular complexity index is 676. The van der Waals surface area contributed by atoms with Crippen molar-refractivity contribution in [3.8, 4) is 11.1 Å². The maximum absolute atomic E-state index is 14.4. The molecule has 0 saturated heterocycles. The van der Waals surface area contributed by atoms with Crippen LogP contribution in [-0.2, 0) is 6.42 Å². The van der Waals surface area contributed by atoms with Gasteiger partial charge in [0.2, 0.25) is 0 Å². The summed E-state index contributed by atoms with van der Waals surface area (Å²) >= 11 is 0. The Labute approximate surface area is 145 Å². The third-order valence-corrected chi connectivity index (χ3v) is 5.38. The maximum Gasteiger partial charge on any atom is 0.131 e. The second-order valence-electron chi connectivity index (χ2n) is 7.22. The van der Waals surface area contributed by atoms with Crippen LogP contribution in [0.3, 0.4) is 0 Å². The molecule has 3 rings (SSSR count). The third kappa shape index (κ3) is 3.95. The molecule has 0 bridgehead atoms. The maximum atomic E-state index is 14.4. The van der Waals surface area contributed by atoms with Crippen LogP contribution in [0.15, 0.2) is 55.1 Å². The standard InChI is InChI=1S/C23H27F/c1-3-4-5-18-8-15-22(23(24)16-18)21-13-11-20(12-14-21)19-9-6-17(2)7-10-19/h3,8,11-17,19H,1,4-7,9-10H2,2H3. The third-order valence-electron chi connectivity index (χ3n) is 5.38. The Kier molecular flexibility index (Phi) is 5.50. The Morgan fingerprint density at radius 2 is 1.75 bits per heavy atom. The number of halogens is 1. The number of hydrogen-bond donors (Lipinski definition) is 0. The van der Waals surface area contributed by atoms with E-state index in [1.165, 1.54) is 31.2 Å². The van der Waals surface area contributed by atoms with E-state index in [4.69, 9.17) is 0 Å². The van der Waals surface area contributed by atoms with Crippen LogP contribution in [0.4, 0.5) is 4.39 Å². The highest BCUT2D eigenvalue weighted by Gasteiger charge is 2.19. The summed E-state index contributed by atoms with van der Waals surface area (Å²) in [6, 6.07) is 14.1. The van der Waals surface area contributed by atoms with Crippen LogP contribution in [0.5, 0.6) is 0 Å². The van der Waals surface area contributed by atoms with E-state index in [2.05, 4.69) is 37.8 Å². The lowest BCUT2D eigenvalue weighted by atomic mass is 9.79. The molecule has 2 aromatic rings. The van der Waals surface area contributed by atoms with Crippen LogP contribution >= 0.6 is 0 Å². The molecule has 0 N–H and O–H groups in total. The minimum absolute atomic E-state index is 0.129. The van der Waals surface area contributed by atoms with Gasteiger partial charge < -0.3 is 0 Å². The van der Waals surface area contributed by atoms with E-state index in [0.717, 1.165) is 29.9 Å². The van der Waals surface area contributed by atoms with E-state index >= 15 is 0 Å². The molecule has 0 aromatic heterocycles. The van der Waals surface area contributed by atoms with E-state index in [-0.39, 0.29) is 5.82 Å². The number of aryl methyl sites for hydroxylation is 1. The highest BCUT2D eigenvalue weighted by Crippen LogP contribution is 2.36. The molecule has 126 valence electrons. The van der Waals surface area contributed by atoms with Gasteiger partial charge in [0.1, 0.15) is 5.82 Å². The fourth-order valence-corrected chi connectivity index (χ4v) is 3.75. The fourth-order valence-electron chi connectivity index (χ4n) is 3.75. The van der Waals surface area contributed by atoms with Crippen molar-refractivity contribution in [2.24, 2.45) is 5.92 Å². The predicted molar refractivity (Wildman–Crippen MR) is 101 cm³/mol. The molecule has 0 unspecified atom stereocenters. The lowest BCUT2D eigenvalue weighted by Crippen LogP contribution is -2.10. The van der Waals surface area contributed by atoms with Crippen LogP contribution in [0, 0.1) is 11.7 Å². The fraction of sp³-hybridized carbons (Fsp3) is 0.391. The van der Waals surface area contributed by atoms with Crippen molar-refractivity contribution < 1.29 is 4.39 Å². The molecule has 0 aliphatic heterocycles. The Hall–Kier alpha value is -1.89. The van der Waals surface area contributed by atoms with Crippen molar-refractivity contribution in [2.75, 3.05) is 0 Å². The first kappa shape index (κ1) is 17.0. The lowest BCUT2D eigenvalue weighted by molar-refractivity contribution is 0.348. The summed E-state index contributed by atoms with van der Waals surface area (Å²) in [6.07, 6.45) is 8.82. The predicted octanol–water partition coefficient (Wildman–Crippen LogP) is 6.91. The molecule has 1 fully saturated rings. The molecule has 0 radical (unpaired) electrons. The van der Waals surface area contributed by atoms with Crippen molar-refractivity contribution in [1.29, 1.82) is 0 Å². The van der Waals surface area contributed by atoms with E-state index in [0.29, 0.717) is 11.5 Å². The molecule has 0 nitrogen and oxygen atoms in total. The van der Waals surface area contributed by atoms with Gasteiger partial charge in [0, 0.05) is 5.56 Å². The average molecular weight is 322 g/mol. The first-order valence-corrected chi connectivity index (χ1v) is 9.17. The van der Waals surface area contributed by atoms with E-state index in [1.807, 2.05) is 18.2 Å². The Balaban J connectivity index is 1.74. The van der Waals surface area contributed by atoms with Gasteiger partial charge in [0.15, 0.2) is 0 Å². The van der Waals surface area contributed by atoms with E-state index in [9.17, 15) is 4.39 Å². The van der Waals surface area contributed by atoms with Gasteiger partial charge in [0.05, 0.1) is 0 Å². The van der Waals surface area contributed by atoms with Gasteiger partial charge in [-0.1, -0.05) is 62.2 Å². The van der Waals surface area contributed by atoms with Crippen molar-refractivity contribution in [3.05, 3.63) is 72.1 Å². The van der Waals surface area contributed by atoms with Crippen LogP contribution in [0.1, 0.15) is 56.1 Å². The van der Waals surface area contributed by atoms with Crippen LogP contribution in [0.2, 0.25) is 0 Å². The monoisotopic (exact) mass is 322 g/mol. The topological polar surface area (TPSA) is 0 Å². The molecule has 2 aromatic carbocycles. The number of rotatable bonds is 5. The van der Waals surface area contributed by atoms with E-state index in [1.54, 1.807) is 6.07 Å². The molecule has 1 saturated carbocycles. The van der Waals surface area contributed by atoms with Crippen molar-refractivity contribution in [3.63, 3.8) is 0 Å². The lowest BCUT2D eigenvalue weighted by Gasteiger charge is -2.26. The van der Waals surface area contributed by atoms with Gasteiger partial charge in [-0.15, -0.1) is 6.58 Å². The molecule has 0 atom stereocenters. The van der Waals surface area contributed by atoms with Gasteiger partial charge in [-0.05, 0) is 60.3 Å². The molecule has 1 aliphatic carbocycles. The molecule has 1 aliphatic rings. The van der Waals surface area contributed by atoms with Crippen molar-refractivity contribution in [1.82, 2.24) is 0 Å². The smallest absolute Gasteiger partial charge is 0.131 e. The largest absolute Gasteiger partial charge is 0.206 e. The average Bonchev–Trinajstić information content (AvgIpc) is 2.61. The molecular weight excluding hydrogens is 295 g/mol. The SMILES string of the molecule is C=CCCc1ccc(-c2ccc(C3CCC(C)CC3)cc2)c(F)c1.